The Bertz CT molecular complexity index is 661. The molecular weight excluding hydrogens is 430 g/mol. The van der Waals surface area contributed by atoms with Gasteiger partial charge in [-0.15, -0.1) is 0 Å². The van der Waals surface area contributed by atoms with Gasteiger partial charge in [0.1, 0.15) is 19.3 Å². The highest BCUT2D eigenvalue weighted by Gasteiger charge is 2.35. The minimum absolute atomic E-state index is 0.182. The van der Waals surface area contributed by atoms with Gasteiger partial charge in [0.2, 0.25) is 12.2 Å². The van der Waals surface area contributed by atoms with Crippen LogP contribution < -0.4 is 5.32 Å². The zero-order valence-electron chi connectivity index (χ0n) is 20.2. The SMILES string of the molecule is CCCCCCCCCCCCNC(=O)CO[C@H]1O[C@H](COC(C)=O)C=C(OC(C)=O)C1=O. The molecule has 0 unspecified atom stereocenters. The maximum atomic E-state index is 12.4. The zero-order valence-corrected chi connectivity index (χ0v) is 20.2. The van der Waals surface area contributed by atoms with Crippen LogP contribution in [0.1, 0.15) is 85.0 Å². The van der Waals surface area contributed by atoms with E-state index in [-0.39, 0.29) is 24.9 Å². The van der Waals surface area contributed by atoms with Crippen LogP contribution in [0.15, 0.2) is 11.8 Å². The number of rotatable bonds is 17. The van der Waals surface area contributed by atoms with Crippen LogP contribution in [0.2, 0.25) is 0 Å². The lowest BCUT2D eigenvalue weighted by molar-refractivity contribution is -0.191. The number of hydrogen-bond donors (Lipinski definition) is 1. The number of carbonyl (C=O) groups is 4. The Balaban J connectivity index is 2.26. The molecule has 1 rings (SSSR count). The maximum Gasteiger partial charge on any atom is 0.308 e. The minimum atomic E-state index is -1.44. The molecule has 0 spiro atoms. The van der Waals surface area contributed by atoms with E-state index in [1.165, 1.54) is 57.9 Å². The van der Waals surface area contributed by atoms with Gasteiger partial charge in [0.05, 0.1) is 0 Å². The molecule has 33 heavy (non-hydrogen) atoms. The van der Waals surface area contributed by atoms with Crippen molar-refractivity contribution in [3.8, 4) is 0 Å². The van der Waals surface area contributed by atoms with Gasteiger partial charge in [-0.05, 0) is 12.5 Å². The van der Waals surface area contributed by atoms with Gasteiger partial charge in [0.15, 0.2) is 5.76 Å². The first-order valence-electron chi connectivity index (χ1n) is 11.9. The molecule has 0 radical (unpaired) electrons. The minimum Gasteiger partial charge on any atom is -0.463 e. The molecule has 0 aromatic carbocycles. The van der Waals surface area contributed by atoms with Crippen LogP contribution in [0.5, 0.6) is 0 Å². The van der Waals surface area contributed by atoms with Crippen molar-refractivity contribution in [3.63, 3.8) is 0 Å². The van der Waals surface area contributed by atoms with Crippen LogP contribution in [0.3, 0.4) is 0 Å². The lowest BCUT2D eigenvalue weighted by Gasteiger charge is -2.27. The molecule has 1 amide bonds. The van der Waals surface area contributed by atoms with Gasteiger partial charge in [-0.3, -0.25) is 19.2 Å². The average Bonchev–Trinajstić information content (AvgIpc) is 2.76. The molecule has 2 atom stereocenters. The van der Waals surface area contributed by atoms with Crippen LogP contribution in [-0.2, 0) is 38.1 Å². The molecule has 0 aromatic rings. The van der Waals surface area contributed by atoms with Gasteiger partial charge in [-0.1, -0.05) is 64.7 Å². The maximum absolute atomic E-state index is 12.4. The zero-order chi connectivity index (χ0) is 24.5. The predicted molar refractivity (Wildman–Crippen MR) is 121 cm³/mol. The van der Waals surface area contributed by atoms with Gasteiger partial charge < -0.3 is 24.3 Å². The summed E-state index contributed by atoms with van der Waals surface area (Å²) in [5.41, 5.74) is 0. The van der Waals surface area contributed by atoms with Crippen molar-refractivity contribution >= 4 is 23.6 Å². The summed E-state index contributed by atoms with van der Waals surface area (Å²) in [6, 6.07) is 0. The second-order valence-electron chi connectivity index (χ2n) is 8.14. The molecule has 0 saturated heterocycles. The molecule has 1 heterocycles. The molecule has 9 nitrogen and oxygen atoms in total. The Kier molecular flexibility index (Phi) is 15.0. The van der Waals surface area contributed by atoms with Gasteiger partial charge in [-0.25, -0.2) is 0 Å². The van der Waals surface area contributed by atoms with Crippen LogP contribution in [0, 0.1) is 0 Å². The average molecular weight is 470 g/mol. The Morgan fingerprint density at radius 1 is 0.939 bits per heavy atom. The normalized spacial score (nSPS) is 17.9. The van der Waals surface area contributed by atoms with E-state index in [4.69, 9.17) is 18.9 Å². The Morgan fingerprint density at radius 2 is 1.55 bits per heavy atom. The second kappa shape index (κ2) is 17.2. The number of hydrogen-bond acceptors (Lipinski definition) is 8. The number of carbonyl (C=O) groups excluding carboxylic acids is 4. The van der Waals surface area contributed by atoms with Crippen LogP contribution in [0.25, 0.3) is 0 Å². The fourth-order valence-electron chi connectivity index (χ4n) is 3.31. The van der Waals surface area contributed by atoms with E-state index in [1.807, 2.05) is 0 Å². The molecule has 1 aliphatic heterocycles. The van der Waals surface area contributed by atoms with Crippen molar-refractivity contribution in [1.29, 1.82) is 0 Å². The summed E-state index contributed by atoms with van der Waals surface area (Å²) >= 11 is 0. The van der Waals surface area contributed by atoms with Crippen molar-refractivity contribution in [2.24, 2.45) is 0 Å². The van der Waals surface area contributed by atoms with Crippen molar-refractivity contribution in [2.75, 3.05) is 19.8 Å². The molecule has 0 bridgehead atoms. The highest BCUT2D eigenvalue weighted by molar-refractivity contribution is 5.98. The second-order valence-corrected chi connectivity index (χ2v) is 8.14. The number of ketones is 1. The third-order valence-corrected chi connectivity index (χ3v) is 5.02. The highest BCUT2D eigenvalue weighted by Crippen LogP contribution is 2.19. The fraction of sp³-hybridized carbons (Fsp3) is 0.750. The monoisotopic (exact) mass is 469 g/mol. The summed E-state index contributed by atoms with van der Waals surface area (Å²) in [6.07, 6.45) is 11.1. The summed E-state index contributed by atoms with van der Waals surface area (Å²) < 4.78 is 20.5. The van der Waals surface area contributed by atoms with Crippen molar-refractivity contribution in [1.82, 2.24) is 5.32 Å². The van der Waals surface area contributed by atoms with Crippen molar-refractivity contribution in [3.05, 3.63) is 11.8 Å². The van der Waals surface area contributed by atoms with Crippen LogP contribution in [-0.4, -0.2) is 55.8 Å². The first kappa shape index (κ1) is 28.8. The standard InChI is InChI=1S/C24H39NO8/c1-4-5-6-7-8-9-10-11-12-13-14-25-22(28)17-31-24-23(29)21(32-19(3)27)15-20(33-24)16-30-18(2)26/h15,20,24H,4-14,16-17H2,1-3H3,(H,25,28)/t20-,24-/m0/s1. The van der Waals surface area contributed by atoms with E-state index >= 15 is 0 Å². The number of unbranched alkanes of at least 4 members (excludes halogenated alkanes) is 9. The van der Waals surface area contributed by atoms with Gasteiger partial charge in [-0.2, -0.15) is 0 Å². The summed E-state index contributed by atoms with van der Waals surface area (Å²) in [5.74, 6) is -2.56. The number of nitrogens with one attached hydrogen (secondary N) is 1. The molecular formula is C24H39NO8. The Morgan fingerprint density at radius 3 is 2.12 bits per heavy atom. The summed E-state index contributed by atoms with van der Waals surface area (Å²) in [7, 11) is 0. The van der Waals surface area contributed by atoms with E-state index < -0.39 is 30.1 Å². The Hall–Kier alpha value is -2.26. The number of ether oxygens (including phenoxy) is 4. The summed E-state index contributed by atoms with van der Waals surface area (Å²) in [6.45, 7) is 4.57. The van der Waals surface area contributed by atoms with E-state index in [9.17, 15) is 19.2 Å². The molecule has 0 aliphatic carbocycles. The molecule has 0 aromatic heterocycles. The van der Waals surface area contributed by atoms with Gasteiger partial charge in [0, 0.05) is 20.4 Å². The third-order valence-electron chi connectivity index (χ3n) is 5.02. The number of esters is 2. The molecule has 188 valence electrons. The largest absolute Gasteiger partial charge is 0.463 e. The lowest BCUT2D eigenvalue weighted by Crippen LogP contribution is -2.42. The van der Waals surface area contributed by atoms with E-state index in [0.717, 1.165) is 26.2 Å². The van der Waals surface area contributed by atoms with Crippen LogP contribution >= 0.6 is 0 Å². The first-order valence-corrected chi connectivity index (χ1v) is 11.9. The molecule has 1 N–H and O–H groups in total. The number of amides is 1. The summed E-state index contributed by atoms with van der Waals surface area (Å²) in [4.78, 5) is 46.7. The first-order chi connectivity index (χ1) is 15.8. The third kappa shape index (κ3) is 13.8. The van der Waals surface area contributed by atoms with Crippen molar-refractivity contribution in [2.45, 2.75) is 97.4 Å². The molecule has 1 aliphatic rings. The van der Waals surface area contributed by atoms with Crippen molar-refractivity contribution < 1.29 is 38.1 Å². The smallest absolute Gasteiger partial charge is 0.308 e. The quantitative estimate of drug-likeness (QED) is 0.255. The topological polar surface area (TPSA) is 117 Å². The van der Waals surface area contributed by atoms with Gasteiger partial charge >= 0.3 is 11.9 Å². The van der Waals surface area contributed by atoms with E-state index in [1.54, 1.807) is 0 Å². The molecule has 0 saturated carbocycles. The van der Waals surface area contributed by atoms with Crippen LogP contribution in [0.4, 0.5) is 0 Å². The van der Waals surface area contributed by atoms with E-state index in [2.05, 4.69) is 12.2 Å². The predicted octanol–water partition coefficient (Wildman–Crippen LogP) is 3.34. The lowest BCUT2D eigenvalue weighted by atomic mass is 10.1. The van der Waals surface area contributed by atoms with E-state index in [0.29, 0.717) is 6.54 Å². The molecule has 0 fully saturated rings. The Labute approximate surface area is 196 Å². The van der Waals surface area contributed by atoms with Gasteiger partial charge in [0.25, 0.3) is 5.78 Å². The highest BCUT2D eigenvalue weighted by atomic mass is 16.7. The molecule has 9 heteroatoms. The summed E-state index contributed by atoms with van der Waals surface area (Å²) in [5, 5.41) is 2.76. The fourth-order valence-corrected chi connectivity index (χ4v) is 3.31. The number of Topliss-reactive ketones (excluding diaryl/α,β-unsaturated/α-hetero) is 1.